The van der Waals surface area contributed by atoms with Gasteiger partial charge in [0.2, 0.25) is 0 Å². The molecule has 1 atom stereocenters. The largest absolute Gasteiger partial charge is 0.478 e. The van der Waals surface area contributed by atoms with Crippen molar-refractivity contribution >= 4 is 17.0 Å². The predicted octanol–water partition coefficient (Wildman–Crippen LogP) is 0.978. The van der Waals surface area contributed by atoms with Gasteiger partial charge in [-0.2, -0.15) is 0 Å². The summed E-state index contributed by atoms with van der Waals surface area (Å²) in [6, 6.07) is 4.81. The summed E-state index contributed by atoms with van der Waals surface area (Å²) in [5.41, 5.74) is 1.24. The lowest BCUT2D eigenvalue weighted by Gasteiger charge is -2.19. The second kappa shape index (κ2) is 4.89. The Hall–Kier alpha value is -2.08. The lowest BCUT2D eigenvalue weighted by molar-refractivity contribution is 0.0697. The Bertz CT molecular complexity index is 669. The van der Waals surface area contributed by atoms with Crippen molar-refractivity contribution in [3.63, 3.8) is 0 Å². The predicted molar refractivity (Wildman–Crippen MR) is 72.7 cm³/mol. The van der Waals surface area contributed by atoms with Crippen LogP contribution in [0.3, 0.4) is 0 Å². The van der Waals surface area contributed by atoms with Crippen molar-refractivity contribution in [2.45, 2.75) is 19.5 Å². The van der Waals surface area contributed by atoms with Crippen molar-refractivity contribution in [1.82, 2.24) is 14.5 Å². The minimum atomic E-state index is -0.997. The minimum Gasteiger partial charge on any atom is -0.478 e. The molecule has 0 fully saturated rings. The molecular weight excluding hydrogens is 246 g/mol. The van der Waals surface area contributed by atoms with Gasteiger partial charge in [-0.3, -0.25) is 4.57 Å². The molecule has 1 heterocycles. The number of aromatic amines is 1. The first kappa shape index (κ1) is 13.4. The molecule has 0 radical (unpaired) electrons. The van der Waals surface area contributed by atoms with Crippen LogP contribution in [0.1, 0.15) is 17.3 Å². The van der Waals surface area contributed by atoms with Gasteiger partial charge in [0.1, 0.15) is 0 Å². The fraction of sp³-hybridized carbons (Fsp3) is 0.385. The number of carboxylic acids is 1. The molecule has 0 bridgehead atoms. The van der Waals surface area contributed by atoms with Gasteiger partial charge in [0.25, 0.3) is 0 Å². The molecule has 0 spiro atoms. The molecule has 2 rings (SSSR count). The summed E-state index contributed by atoms with van der Waals surface area (Å²) in [6.45, 7) is 2.52. The van der Waals surface area contributed by atoms with Gasteiger partial charge < -0.3 is 15.0 Å². The molecular formula is C13H17N3O3. The maximum atomic E-state index is 11.9. The molecule has 0 amide bonds. The highest BCUT2D eigenvalue weighted by molar-refractivity contribution is 5.92. The van der Waals surface area contributed by atoms with Gasteiger partial charge in [-0.15, -0.1) is 0 Å². The number of aromatic nitrogens is 2. The van der Waals surface area contributed by atoms with E-state index in [1.807, 2.05) is 25.9 Å². The Labute approximate surface area is 110 Å². The SMILES string of the molecule is CC(Cn1c(=O)[nH]c2ccc(C(=O)O)cc21)N(C)C. The summed E-state index contributed by atoms with van der Waals surface area (Å²) in [5, 5.41) is 9.01. The number of imidazole rings is 1. The number of hydrogen-bond acceptors (Lipinski definition) is 3. The number of aromatic carboxylic acids is 1. The molecule has 0 saturated carbocycles. The first-order valence-electron chi connectivity index (χ1n) is 6.02. The molecule has 0 aliphatic heterocycles. The Morgan fingerprint density at radius 2 is 2.16 bits per heavy atom. The van der Waals surface area contributed by atoms with Gasteiger partial charge >= 0.3 is 11.7 Å². The third-order valence-corrected chi connectivity index (χ3v) is 3.35. The highest BCUT2D eigenvalue weighted by atomic mass is 16.4. The second-order valence-corrected chi connectivity index (χ2v) is 4.89. The van der Waals surface area contributed by atoms with Crippen molar-refractivity contribution in [1.29, 1.82) is 0 Å². The zero-order chi connectivity index (χ0) is 14.2. The Morgan fingerprint density at radius 3 is 2.74 bits per heavy atom. The van der Waals surface area contributed by atoms with Crippen LogP contribution in [0.15, 0.2) is 23.0 Å². The third kappa shape index (κ3) is 2.53. The molecule has 1 unspecified atom stereocenters. The average molecular weight is 263 g/mol. The maximum absolute atomic E-state index is 11.9. The molecule has 0 saturated heterocycles. The van der Waals surface area contributed by atoms with Crippen molar-refractivity contribution in [3.05, 3.63) is 34.2 Å². The van der Waals surface area contributed by atoms with E-state index in [2.05, 4.69) is 4.98 Å². The van der Waals surface area contributed by atoms with Crippen LogP contribution < -0.4 is 5.69 Å². The van der Waals surface area contributed by atoms with E-state index in [4.69, 9.17) is 5.11 Å². The minimum absolute atomic E-state index is 0.171. The number of nitrogens with zero attached hydrogens (tertiary/aromatic N) is 2. The van der Waals surface area contributed by atoms with Crippen molar-refractivity contribution in [2.24, 2.45) is 0 Å². The highest BCUT2D eigenvalue weighted by Gasteiger charge is 2.13. The summed E-state index contributed by atoms with van der Waals surface area (Å²) < 4.78 is 1.58. The first-order valence-corrected chi connectivity index (χ1v) is 6.02. The monoisotopic (exact) mass is 263 g/mol. The molecule has 1 aromatic carbocycles. The number of nitrogens with one attached hydrogen (secondary N) is 1. The zero-order valence-corrected chi connectivity index (χ0v) is 11.2. The quantitative estimate of drug-likeness (QED) is 0.862. The number of fused-ring (bicyclic) bond motifs is 1. The van der Waals surface area contributed by atoms with Gasteiger partial charge in [0.05, 0.1) is 16.6 Å². The fourth-order valence-electron chi connectivity index (χ4n) is 1.89. The number of likely N-dealkylation sites (N-methyl/N-ethyl adjacent to an activating group) is 1. The highest BCUT2D eigenvalue weighted by Crippen LogP contribution is 2.14. The molecule has 102 valence electrons. The standard InChI is InChI=1S/C13H17N3O3/c1-8(15(2)3)7-16-11-6-9(12(17)18)4-5-10(11)14-13(16)19/h4-6,8H,7H2,1-3H3,(H,14,19)(H,17,18). The third-order valence-electron chi connectivity index (χ3n) is 3.35. The lowest BCUT2D eigenvalue weighted by Crippen LogP contribution is -2.32. The van der Waals surface area contributed by atoms with Crippen LogP contribution >= 0.6 is 0 Å². The van der Waals surface area contributed by atoms with Crippen LogP contribution in [-0.2, 0) is 6.54 Å². The summed E-state index contributed by atoms with van der Waals surface area (Å²) in [7, 11) is 3.88. The number of H-pyrrole nitrogens is 1. The van der Waals surface area contributed by atoms with Crippen LogP contribution in [0.25, 0.3) is 11.0 Å². The fourth-order valence-corrected chi connectivity index (χ4v) is 1.89. The van der Waals surface area contributed by atoms with Crippen LogP contribution in [0.4, 0.5) is 0 Å². The molecule has 19 heavy (non-hydrogen) atoms. The van der Waals surface area contributed by atoms with E-state index < -0.39 is 5.97 Å². The van der Waals surface area contributed by atoms with E-state index >= 15 is 0 Å². The molecule has 2 aromatic rings. The molecule has 1 aromatic heterocycles. The van der Waals surface area contributed by atoms with Gasteiger partial charge in [-0.05, 0) is 39.2 Å². The van der Waals surface area contributed by atoms with E-state index in [0.29, 0.717) is 17.6 Å². The van der Waals surface area contributed by atoms with E-state index in [9.17, 15) is 9.59 Å². The van der Waals surface area contributed by atoms with Gasteiger partial charge in [0.15, 0.2) is 0 Å². The van der Waals surface area contributed by atoms with Gasteiger partial charge in [-0.1, -0.05) is 0 Å². The van der Waals surface area contributed by atoms with Crippen LogP contribution in [0, 0.1) is 0 Å². The summed E-state index contributed by atoms with van der Waals surface area (Å²) in [5.74, 6) is -0.997. The van der Waals surface area contributed by atoms with Crippen LogP contribution in [0.5, 0.6) is 0 Å². The normalized spacial score (nSPS) is 13.1. The average Bonchev–Trinajstić information content (AvgIpc) is 2.65. The maximum Gasteiger partial charge on any atom is 0.335 e. The van der Waals surface area contributed by atoms with E-state index in [0.717, 1.165) is 0 Å². The zero-order valence-electron chi connectivity index (χ0n) is 11.2. The Balaban J connectivity index is 2.53. The Morgan fingerprint density at radius 1 is 1.47 bits per heavy atom. The summed E-state index contributed by atoms with van der Waals surface area (Å²) in [4.78, 5) is 27.6. The van der Waals surface area contributed by atoms with Crippen molar-refractivity contribution < 1.29 is 9.90 Å². The van der Waals surface area contributed by atoms with E-state index in [-0.39, 0.29) is 17.3 Å². The molecule has 2 N–H and O–H groups in total. The topological polar surface area (TPSA) is 78.3 Å². The van der Waals surface area contributed by atoms with Crippen molar-refractivity contribution in [3.8, 4) is 0 Å². The molecule has 6 heteroatoms. The number of benzene rings is 1. The number of carbonyl (C=O) groups is 1. The van der Waals surface area contributed by atoms with Crippen LogP contribution in [0.2, 0.25) is 0 Å². The number of rotatable bonds is 4. The molecule has 0 aliphatic rings. The molecule has 0 aliphatic carbocycles. The summed E-state index contributed by atoms with van der Waals surface area (Å²) >= 11 is 0. The van der Waals surface area contributed by atoms with E-state index in [1.54, 1.807) is 10.6 Å². The van der Waals surface area contributed by atoms with Crippen LogP contribution in [-0.4, -0.2) is 45.7 Å². The first-order chi connectivity index (χ1) is 8.90. The van der Waals surface area contributed by atoms with E-state index in [1.165, 1.54) is 12.1 Å². The molecule has 6 nitrogen and oxygen atoms in total. The lowest BCUT2D eigenvalue weighted by atomic mass is 10.2. The summed E-state index contributed by atoms with van der Waals surface area (Å²) in [6.07, 6.45) is 0. The Kier molecular flexibility index (Phi) is 3.44. The van der Waals surface area contributed by atoms with Gasteiger partial charge in [-0.25, -0.2) is 9.59 Å². The number of hydrogen-bond donors (Lipinski definition) is 2. The smallest absolute Gasteiger partial charge is 0.335 e. The van der Waals surface area contributed by atoms with Crippen molar-refractivity contribution in [2.75, 3.05) is 14.1 Å². The number of carboxylic acid groups (broad SMARTS) is 1. The second-order valence-electron chi connectivity index (χ2n) is 4.89. The van der Waals surface area contributed by atoms with Gasteiger partial charge in [0, 0.05) is 12.6 Å².